The number of nitrogens with zero attached hydrogens (tertiary/aromatic N) is 2. The van der Waals surface area contributed by atoms with Crippen LogP contribution < -0.4 is 5.32 Å². The first kappa shape index (κ1) is 13.3. The van der Waals surface area contributed by atoms with Crippen molar-refractivity contribution in [3.8, 4) is 0 Å². The molecule has 1 aromatic heterocycles. The van der Waals surface area contributed by atoms with Gasteiger partial charge in [-0.3, -0.25) is 10.1 Å². The number of oxazole rings is 1. The van der Waals surface area contributed by atoms with Crippen LogP contribution in [-0.4, -0.2) is 16.5 Å². The first-order valence-electron chi connectivity index (χ1n) is 6.43. The first-order chi connectivity index (χ1) is 9.15. The Kier molecular flexibility index (Phi) is 3.99. The second-order valence-electron chi connectivity index (χ2n) is 4.46. The van der Waals surface area contributed by atoms with Crippen molar-refractivity contribution in [3.63, 3.8) is 0 Å². The normalized spacial score (nSPS) is 11.1. The Morgan fingerprint density at radius 2 is 2.16 bits per heavy atom. The average molecular weight is 263 g/mol. The summed E-state index contributed by atoms with van der Waals surface area (Å²) in [6, 6.07) is 5.04. The zero-order chi connectivity index (χ0) is 13.8. The van der Waals surface area contributed by atoms with Gasteiger partial charge in [0.2, 0.25) is 0 Å². The van der Waals surface area contributed by atoms with Crippen LogP contribution in [0.3, 0.4) is 0 Å². The van der Waals surface area contributed by atoms with E-state index in [0.717, 1.165) is 19.4 Å². The van der Waals surface area contributed by atoms with Crippen LogP contribution >= 0.6 is 0 Å². The number of anilines is 1. The van der Waals surface area contributed by atoms with Gasteiger partial charge in [-0.1, -0.05) is 32.8 Å². The monoisotopic (exact) mass is 263 g/mol. The summed E-state index contributed by atoms with van der Waals surface area (Å²) in [7, 11) is 0. The van der Waals surface area contributed by atoms with Crippen molar-refractivity contribution in [2.45, 2.75) is 26.7 Å². The van der Waals surface area contributed by atoms with Crippen LogP contribution in [0.4, 0.5) is 11.7 Å². The number of aromatic nitrogens is 1. The molecule has 0 aliphatic rings. The lowest BCUT2D eigenvalue weighted by molar-refractivity contribution is -0.383. The summed E-state index contributed by atoms with van der Waals surface area (Å²) in [5, 5.41) is 14.0. The molecular formula is C13H17N3O3. The van der Waals surface area contributed by atoms with Gasteiger partial charge in [0, 0.05) is 12.6 Å². The van der Waals surface area contributed by atoms with E-state index in [0.29, 0.717) is 23.0 Å². The van der Waals surface area contributed by atoms with Gasteiger partial charge in [0.25, 0.3) is 11.7 Å². The molecule has 1 aromatic carbocycles. The molecule has 1 heterocycles. The van der Waals surface area contributed by atoms with Crippen LogP contribution in [0.1, 0.15) is 26.7 Å². The van der Waals surface area contributed by atoms with E-state index in [1.54, 1.807) is 12.1 Å². The van der Waals surface area contributed by atoms with E-state index in [-0.39, 0.29) is 5.69 Å². The van der Waals surface area contributed by atoms with Crippen LogP contribution in [0.15, 0.2) is 22.6 Å². The molecule has 1 N–H and O–H groups in total. The molecule has 0 aliphatic carbocycles. The van der Waals surface area contributed by atoms with E-state index in [1.165, 1.54) is 6.07 Å². The molecule has 0 spiro atoms. The van der Waals surface area contributed by atoms with Crippen molar-refractivity contribution in [3.05, 3.63) is 28.3 Å². The molecule has 6 heteroatoms. The predicted molar refractivity (Wildman–Crippen MR) is 73.2 cm³/mol. The molecule has 19 heavy (non-hydrogen) atoms. The number of hydrogen-bond donors (Lipinski definition) is 1. The maximum absolute atomic E-state index is 10.9. The van der Waals surface area contributed by atoms with Gasteiger partial charge in [-0.05, 0) is 12.0 Å². The minimum Gasteiger partial charge on any atom is -0.423 e. The second kappa shape index (κ2) is 5.69. The van der Waals surface area contributed by atoms with Gasteiger partial charge >= 0.3 is 0 Å². The Balaban J connectivity index is 2.22. The van der Waals surface area contributed by atoms with E-state index < -0.39 is 4.92 Å². The summed E-state index contributed by atoms with van der Waals surface area (Å²) in [6.45, 7) is 5.02. The molecule has 0 fully saturated rings. The number of non-ortho nitro benzene ring substituents is 1. The highest BCUT2D eigenvalue weighted by atomic mass is 16.6. The molecule has 0 amide bonds. The molecule has 0 radical (unpaired) electrons. The number of nitro groups is 1. The van der Waals surface area contributed by atoms with Crippen LogP contribution in [0.5, 0.6) is 0 Å². The van der Waals surface area contributed by atoms with Gasteiger partial charge < -0.3 is 9.73 Å². The van der Waals surface area contributed by atoms with Crippen LogP contribution in [0.2, 0.25) is 0 Å². The SMILES string of the molecule is CCC(CC)CNc1nc2c([N+](=O)[O-])cccc2o1. The number of para-hydroxylation sites is 1. The molecule has 0 unspecified atom stereocenters. The van der Waals surface area contributed by atoms with E-state index in [9.17, 15) is 10.1 Å². The Morgan fingerprint density at radius 1 is 1.42 bits per heavy atom. The molecule has 0 saturated heterocycles. The smallest absolute Gasteiger partial charge is 0.298 e. The molecule has 0 saturated carbocycles. The zero-order valence-corrected chi connectivity index (χ0v) is 11.0. The third-order valence-electron chi connectivity index (χ3n) is 3.29. The highest BCUT2D eigenvalue weighted by Crippen LogP contribution is 2.27. The molecule has 102 valence electrons. The Bertz CT molecular complexity index is 576. The third-order valence-corrected chi connectivity index (χ3v) is 3.29. The minimum absolute atomic E-state index is 0.0307. The number of rotatable bonds is 6. The average Bonchev–Trinajstić information content (AvgIpc) is 2.82. The Labute approximate surface area is 111 Å². The Morgan fingerprint density at radius 3 is 2.79 bits per heavy atom. The fourth-order valence-corrected chi connectivity index (χ4v) is 1.97. The summed E-state index contributed by atoms with van der Waals surface area (Å²) in [5.41, 5.74) is 0.692. The van der Waals surface area contributed by atoms with Crippen molar-refractivity contribution in [1.29, 1.82) is 0 Å². The van der Waals surface area contributed by atoms with Crippen molar-refractivity contribution in [2.75, 3.05) is 11.9 Å². The quantitative estimate of drug-likeness (QED) is 0.636. The van der Waals surface area contributed by atoms with Crippen molar-refractivity contribution in [2.24, 2.45) is 5.92 Å². The fourth-order valence-electron chi connectivity index (χ4n) is 1.97. The summed E-state index contributed by atoms with van der Waals surface area (Å²) < 4.78 is 5.47. The molecule has 0 aliphatic heterocycles. The third kappa shape index (κ3) is 2.83. The fraction of sp³-hybridized carbons (Fsp3) is 0.462. The van der Waals surface area contributed by atoms with Gasteiger partial charge in [-0.25, -0.2) is 0 Å². The zero-order valence-electron chi connectivity index (χ0n) is 11.0. The van der Waals surface area contributed by atoms with Gasteiger partial charge in [0.05, 0.1) is 4.92 Å². The summed E-state index contributed by atoms with van der Waals surface area (Å²) in [4.78, 5) is 14.6. The van der Waals surface area contributed by atoms with Crippen LogP contribution in [-0.2, 0) is 0 Å². The maximum Gasteiger partial charge on any atom is 0.298 e. The number of benzene rings is 1. The van der Waals surface area contributed by atoms with E-state index >= 15 is 0 Å². The highest BCUT2D eigenvalue weighted by molar-refractivity contribution is 5.83. The molecule has 6 nitrogen and oxygen atoms in total. The predicted octanol–water partition coefficient (Wildman–Crippen LogP) is 3.58. The standard InChI is InChI=1S/C13H17N3O3/c1-3-9(4-2)8-14-13-15-12-10(16(17)18)6-5-7-11(12)19-13/h5-7,9H,3-4,8H2,1-2H3,(H,14,15). The molecule has 2 rings (SSSR count). The minimum atomic E-state index is -0.449. The van der Waals surface area contributed by atoms with E-state index in [1.807, 2.05) is 0 Å². The summed E-state index contributed by atoms with van der Waals surface area (Å²) >= 11 is 0. The number of nitrogens with one attached hydrogen (secondary N) is 1. The van der Waals surface area contributed by atoms with Crippen LogP contribution in [0.25, 0.3) is 11.1 Å². The van der Waals surface area contributed by atoms with Crippen molar-refractivity contribution in [1.82, 2.24) is 4.98 Å². The van der Waals surface area contributed by atoms with Gasteiger partial charge in [-0.15, -0.1) is 0 Å². The molecule has 0 atom stereocenters. The first-order valence-corrected chi connectivity index (χ1v) is 6.43. The number of fused-ring (bicyclic) bond motifs is 1. The van der Waals surface area contributed by atoms with Crippen molar-refractivity contribution >= 4 is 22.8 Å². The molecule has 0 bridgehead atoms. The maximum atomic E-state index is 10.9. The Hall–Kier alpha value is -2.11. The lowest BCUT2D eigenvalue weighted by Crippen LogP contribution is -2.12. The number of nitro benzene ring substituents is 1. The molecule has 2 aromatic rings. The lowest BCUT2D eigenvalue weighted by Gasteiger charge is -2.11. The van der Waals surface area contributed by atoms with Gasteiger partial charge in [0.1, 0.15) is 0 Å². The van der Waals surface area contributed by atoms with Gasteiger partial charge in [-0.2, -0.15) is 4.98 Å². The second-order valence-corrected chi connectivity index (χ2v) is 4.46. The summed E-state index contributed by atoms with van der Waals surface area (Å²) in [5.74, 6) is 0.546. The van der Waals surface area contributed by atoms with Gasteiger partial charge in [0.15, 0.2) is 11.1 Å². The lowest BCUT2D eigenvalue weighted by atomic mass is 10.0. The topological polar surface area (TPSA) is 81.2 Å². The summed E-state index contributed by atoms with van der Waals surface area (Å²) in [6.07, 6.45) is 2.15. The van der Waals surface area contributed by atoms with Crippen molar-refractivity contribution < 1.29 is 9.34 Å². The number of hydrogen-bond acceptors (Lipinski definition) is 5. The molecular weight excluding hydrogens is 246 g/mol. The van der Waals surface area contributed by atoms with E-state index in [2.05, 4.69) is 24.1 Å². The largest absolute Gasteiger partial charge is 0.423 e. The highest BCUT2D eigenvalue weighted by Gasteiger charge is 2.17. The van der Waals surface area contributed by atoms with Crippen LogP contribution in [0, 0.1) is 16.0 Å². The van der Waals surface area contributed by atoms with E-state index in [4.69, 9.17) is 4.42 Å².